The third-order valence-corrected chi connectivity index (χ3v) is 4.02. The number of halogens is 2. The molecule has 1 aromatic carbocycles. The molecule has 2 atom stereocenters. The summed E-state index contributed by atoms with van der Waals surface area (Å²) < 4.78 is 13.8. The van der Waals surface area contributed by atoms with E-state index in [-0.39, 0.29) is 5.82 Å². The highest BCUT2D eigenvalue weighted by Crippen LogP contribution is 2.25. The van der Waals surface area contributed by atoms with Crippen LogP contribution >= 0.6 is 11.6 Å². The van der Waals surface area contributed by atoms with Gasteiger partial charge in [0.2, 0.25) is 0 Å². The lowest BCUT2D eigenvalue weighted by atomic mass is 9.97. The van der Waals surface area contributed by atoms with E-state index in [9.17, 15) is 4.39 Å². The number of hydrogen-bond donors (Lipinski definition) is 1. The molecular weight excluding hydrogens is 251 g/mol. The van der Waals surface area contributed by atoms with Crippen molar-refractivity contribution in [3.63, 3.8) is 0 Å². The van der Waals surface area contributed by atoms with Crippen molar-refractivity contribution < 1.29 is 4.39 Å². The highest BCUT2D eigenvalue weighted by Gasteiger charge is 2.24. The second-order valence-electron chi connectivity index (χ2n) is 4.99. The van der Waals surface area contributed by atoms with Crippen LogP contribution in [0.2, 0.25) is 5.02 Å². The molecule has 100 valence electrons. The van der Waals surface area contributed by atoms with Crippen LogP contribution in [0.5, 0.6) is 0 Å². The fourth-order valence-corrected chi connectivity index (χ4v) is 2.56. The standard InChI is InChI=1S/C14H20ClFN2/c1-3-10(2)13-9-18(7-6-17-13)14-8-11(15)4-5-12(14)16/h4-5,8,10,13,17H,3,6-7,9H2,1-2H3. The Bertz CT molecular complexity index is 411. The normalized spacial score (nSPS) is 22.0. The second-order valence-corrected chi connectivity index (χ2v) is 5.42. The maximum absolute atomic E-state index is 13.8. The van der Waals surface area contributed by atoms with Gasteiger partial charge in [-0.05, 0) is 24.1 Å². The van der Waals surface area contributed by atoms with E-state index in [1.807, 2.05) is 0 Å². The number of nitrogens with one attached hydrogen (secondary N) is 1. The molecule has 1 aromatic rings. The van der Waals surface area contributed by atoms with Gasteiger partial charge in [0.1, 0.15) is 5.82 Å². The smallest absolute Gasteiger partial charge is 0.146 e. The van der Waals surface area contributed by atoms with Gasteiger partial charge in [-0.2, -0.15) is 0 Å². The minimum absolute atomic E-state index is 0.191. The fraction of sp³-hybridized carbons (Fsp3) is 0.571. The van der Waals surface area contributed by atoms with E-state index in [0.717, 1.165) is 26.1 Å². The first kappa shape index (κ1) is 13.6. The molecule has 0 amide bonds. The topological polar surface area (TPSA) is 15.3 Å². The van der Waals surface area contributed by atoms with Gasteiger partial charge in [0.25, 0.3) is 0 Å². The van der Waals surface area contributed by atoms with E-state index in [4.69, 9.17) is 11.6 Å². The van der Waals surface area contributed by atoms with Gasteiger partial charge in [-0.1, -0.05) is 31.9 Å². The van der Waals surface area contributed by atoms with Crippen LogP contribution in [0.3, 0.4) is 0 Å². The first-order chi connectivity index (χ1) is 8.61. The van der Waals surface area contributed by atoms with Crippen molar-refractivity contribution in [3.8, 4) is 0 Å². The van der Waals surface area contributed by atoms with Gasteiger partial charge in [0, 0.05) is 30.7 Å². The van der Waals surface area contributed by atoms with Crippen LogP contribution < -0.4 is 10.2 Å². The lowest BCUT2D eigenvalue weighted by Gasteiger charge is -2.38. The van der Waals surface area contributed by atoms with Crippen LogP contribution in [0.4, 0.5) is 10.1 Å². The number of piperazine rings is 1. The average Bonchev–Trinajstić information content (AvgIpc) is 2.40. The molecule has 2 unspecified atom stereocenters. The molecule has 4 heteroatoms. The quantitative estimate of drug-likeness (QED) is 0.907. The molecule has 0 spiro atoms. The predicted octanol–water partition coefficient (Wildman–Crippen LogP) is 3.30. The largest absolute Gasteiger partial charge is 0.366 e. The number of hydrogen-bond acceptors (Lipinski definition) is 2. The number of nitrogens with zero attached hydrogens (tertiary/aromatic N) is 1. The maximum atomic E-state index is 13.8. The van der Waals surface area contributed by atoms with Crippen LogP contribution in [0.25, 0.3) is 0 Å². The molecule has 1 N–H and O–H groups in total. The van der Waals surface area contributed by atoms with Gasteiger partial charge in [0.05, 0.1) is 5.69 Å². The molecule has 1 heterocycles. The first-order valence-electron chi connectivity index (χ1n) is 6.55. The monoisotopic (exact) mass is 270 g/mol. The van der Waals surface area contributed by atoms with Crippen molar-refractivity contribution in [1.82, 2.24) is 5.32 Å². The Balaban J connectivity index is 2.15. The van der Waals surface area contributed by atoms with Crippen LogP contribution in [0, 0.1) is 11.7 Å². The second kappa shape index (κ2) is 5.89. The molecule has 1 aliphatic rings. The zero-order valence-electron chi connectivity index (χ0n) is 10.9. The van der Waals surface area contributed by atoms with Crippen molar-refractivity contribution in [3.05, 3.63) is 29.0 Å². The first-order valence-corrected chi connectivity index (χ1v) is 6.93. The van der Waals surface area contributed by atoms with Crippen molar-refractivity contribution >= 4 is 17.3 Å². The third kappa shape index (κ3) is 2.96. The number of rotatable bonds is 3. The average molecular weight is 271 g/mol. The lowest BCUT2D eigenvalue weighted by Crippen LogP contribution is -2.53. The summed E-state index contributed by atoms with van der Waals surface area (Å²) in [5.74, 6) is 0.402. The molecular formula is C14H20ClFN2. The Morgan fingerprint density at radius 1 is 1.56 bits per heavy atom. The molecule has 0 aliphatic carbocycles. The van der Waals surface area contributed by atoms with Crippen LogP contribution in [0.15, 0.2) is 18.2 Å². The molecule has 0 aromatic heterocycles. The lowest BCUT2D eigenvalue weighted by molar-refractivity contribution is 0.340. The SMILES string of the molecule is CCC(C)C1CN(c2cc(Cl)ccc2F)CCN1. The summed E-state index contributed by atoms with van der Waals surface area (Å²) in [5.41, 5.74) is 0.623. The summed E-state index contributed by atoms with van der Waals surface area (Å²) in [5, 5.41) is 4.09. The Kier molecular flexibility index (Phi) is 4.46. The minimum atomic E-state index is -0.191. The third-order valence-electron chi connectivity index (χ3n) is 3.79. The molecule has 0 saturated carbocycles. The Morgan fingerprint density at radius 2 is 2.33 bits per heavy atom. The molecule has 1 fully saturated rings. The van der Waals surface area contributed by atoms with Gasteiger partial charge in [-0.15, -0.1) is 0 Å². The van der Waals surface area contributed by atoms with E-state index in [0.29, 0.717) is 22.7 Å². The minimum Gasteiger partial charge on any atom is -0.366 e. The van der Waals surface area contributed by atoms with E-state index in [2.05, 4.69) is 24.1 Å². The Morgan fingerprint density at radius 3 is 3.06 bits per heavy atom. The summed E-state index contributed by atoms with van der Waals surface area (Å²) in [6, 6.07) is 5.17. The van der Waals surface area contributed by atoms with Gasteiger partial charge >= 0.3 is 0 Å². The van der Waals surface area contributed by atoms with Gasteiger partial charge < -0.3 is 10.2 Å². The van der Waals surface area contributed by atoms with Gasteiger partial charge in [-0.3, -0.25) is 0 Å². The summed E-state index contributed by atoms with van der Waals surface area (Å²) in [7, 11) is 0. The Hall–Kier alpha value is -0.800. The zero-order valence-corrected chi connectivity index (χ0v) is 11.7. The van der Waals surface area contributed by atoms with Crippen LogP contribution in [-0.4, -0.2) is 25.7 Å². The molecule has 1 aliphatic heterocycles. The number of anilines is 1. The molecule has 0 bridgehead atoms. The van der Waals surface area contributed by atoms with E-state index in [1.54, 1.807) is 12.1 Å². The Labute approximate surface area is 113 Å². The molecule has 0 radical (unpaired) electrons. The summed E-state index contributed by atoms with van der Waals surface area (Å²) >= 11 is 5.95. The van der Waals surface area contributed by atoms with E-state index >= 15 is 0 Å². The van der Waals surface area contributed by atoms with Gasteiger partial charge in [-0.25, -0.2) is 4.39 Å². The molecule has 18 heavy (non-hydrogen) atoms. The summed E-state index contributed by atoms with van der Waals surface area (Å²) in [6.45, 7) is 6.97. The highest BCUT2D eigenvalue weighted by atomic mass is 35.5. The number of benzene rings is 1. The molecule has 1 saturated heterocycles. The van der Waals surface area contributed by atoms with E-state index < -0.39 is 0 Å². The van der Waals surface area contributed by atoms with Crippen molar-refractivity contribution in [2.24, 2.45) is 5.92 Å². The molecule has 2 nitrogen and oxygen atoms in total. The summed E-state index contributed by atoms with van der Waals surface area (Å²) in [4.78, 5) is 2.09. The van der Waals surface area contributed by atoms with Crippen LogP contribution in [0.1, 0.15) is 20.3 Å². The van der Waals surface area contributed by atoms with Crippen molar-refractivity contribution in [2.75, 3.05) is 24.5 Å². The summed E-state index contributed by atoms with van der Waals surface area (Å²) in [6.07, 6.45) is 1.13. The van der Waals surface area contributed by atoms with Gasteiger partial charge in [0.15, 0.2) is 0 Å². The fourth-order valence-electron chi connectivity index (χ4n) is 2.39. The van der Waals surface area contributed by atoms with E-state index in [1.165, 1.54) is 6.07 Å². The van der Waals surface area contributed by atoms with Crippen molar-refractivity contribution in [1.29, 1.82) is 0 Å². The maximum Gasteiger partial charge on any atom is 0.146 e. The molecule has 2 rings (SSSR count). The predicted molar refractivity (Wildman–Crippen MR) is 74.9 cm³/mol. The van der Waals surface area contributed by atoms with Crippen molar-refractivity contribution in [2.45, 2.75) is 26.3 Å². The highest BCUT2D eigenvalue weighted by molar-refractivity contribution is 6.30. The van der Waals surface area contributed by atoms with Crippen LogP contribution in [-0.2, 0) is 0 Å². The zero-order chi connectivity index (χ0) is 13.1.